The van der Waals surface area contributed by atoms with Crippen LogP contribution in [-0.2, 0) is 23.1 Å². The van der Waals surface area contributed by atoms with E-state index in [-0.39, 0.29) is 11.7 Å². The van der Waals surface area contributed by atoms with E-state index in [9.17, 15) is 13.2 Å². The maximum Gasteiger partial charge on any atom is 0.264 e. The fourth-order valence-corrected chi connectivity index (χ4v) is 4.34. The van der Waals surface area contributed by atoms with Crippen LogP contribution in [0.1, 0.15) is 27.9 Å². The highest BCUT2D eigenvalue weighted by molar-refractivity contribution is 7.92. The van der Waals surface area contributed by atoms with Crippen LogP contribution in [0.4, 0.5) is 11.4 Å². The average Bonchev–Trinajstić information content (AvgIpc) is 3.41. The molecular weight excluding hydrogens is 422 g/mol. The normalized spacial score (nSPS) is 11.3. The van der Waals surface area contributed by atoms with Gasteiger partial charge in [0.25, 0.3) is 5.91 Å². The van der Waals surface area contributed by atoms with Crippen molar-refractivity contribution in [3.05, 3.63) is 70.3 Å². The molecule has 30 heavy (non-hydrogen) atoms. The molecule has 1 N–H and O–H groups in total. The zero-order chi connectivity index (χ0) is 21.7. The molecule has 3 aromatic rings. The first-order valence-electron chi connectivity index (χ1n) is 9.45. The van der Waals surface area contributed by atoms with Crippen molar-refractivity contribution in [2.45, 2.75) is 20.0 Å². The number of anilines is 2. The molecule has 160 valence electrons. The summed E-state index contributed by atoms with van der Waals surface area (Å²) in [4.78, 5) is 17.4. The number of rotatable bonds is 9. The largest absolute Gasteiger partial charge is 0.467 e. The monoisotopic (exact) mass is 447 g/mol. The zero-order valence-corrected chi connectivity index (χ0v) is 18.8. The minimum atomic E-state index is -3.40. The lowest BCUT2D eigenvalue weighted by Gasteiger charge is -2.25. The molecule has 7 nitrogen and oxygen atoms in total. The second kappa shape index (κ2) is 9.36. The van der Waals surface area contributed by atoms with Gasteiger partial charge in [-0.1, -0.05) is 6.07 Å². The Morgan fingerprint density at radius 3 is 2.53 bits per heavy atom. The smallest absolute Gasteiger partial charge is 0.264 e. The quantitative estimate of drug-likeness (QED) is 0.536. The standard InChI is InChI=1S/C21H25N3O4S2/c1-4-30(26,27)22-17-9-10-19(23(2)3)16(13-17)14-24(15-18-7-5-11-28-18)21(25)20-8-6-12-29-20/h5-13,22H,4,14-15H2,1-3H3. The van der Waals surface area contributed by atoms with Crippen molar-refractivity contribution in [2.75, 3.05) is 29.5 Å². The maximum absolute atomic E-state index is 13.1. The van der Waals surface area contributed by atoms with Crippen LogP contribution in [0.2, 0.25) is 0 Å². The van der Waals surface area contributed by atoms with Gasteiger partial charge in [-0.15, -0.1) is 11.3 Å². The summed E-state index contributed by atoms with van der Waals surface area (Å²) in [5.41, 5.74) is 2.20. The molecular formula is C21H25N3O4S2. The molecule has 0 bridgehead atoms. The molecule has 0 fully saturated rings. The van der Waals surface area contributed by atoms with Crippen molar-refractivity contribution in [2.24, 2.45) is 0 Å². The first-order valence-corrected chi connectivity index (χ1v) is 12.0. The lowest BCUT2D eigenvalue weighted by atomic mass is 10.1. The molecule has 3 rings (SSSR count). The number of nitrogens with zero attached hydrogens (tertiary/aromatic N) is 2. The minimum absolute atomic E-state index is 0.0146. The molecule has 0 spiro atoms. The summed E-state index contributed by atoms with van der Waals surface area (Å²) in [6.07, 6.45) is 1.58. The Morgan fingerprint density at radius 1 is 1.13 bits per heavy atom. The Morgan fingerprint density at radius 2 is 1.93 bits per heavy atom. The van der Waals surface area contributed by atoms with Crippen LogP contribution in [0, 0.1) is 0 Å². The Labute approximate surface area is 181 Å². The first kappa shape index (κ1) is 21.9. The van der Waals surface area contributed by atoms with Gasteiger partial charge in [-0.2, -0.15) is 0 Å². The first-order chi connectivity index (χ1) is 14.3. The highest BCUT2D eigenvalue weighted by Crippen LogP contribution is 2.27. The summed E-state index contributed by atoms with van der Waals surface area (Å²) in [6.45, 7) is 2.19. The van der Waals surface area contributed by atoms with Crippen molar-refractivity contribution in [3.63, 3.8) is 0 Å². The number of sulfonamides is 1. The number of amides is 1. The van der Waals surface area contributed by atoms with Crippen LogP contribution in [-0.4, -0.2) is 39.1 Å². The number of hydrogen-bond acceptors (Lipinski definition) is 6. The third-order valence-corrected chi connectivity index (χ3v) is 6.69. The molecule has 1 aromatic carbocycles. The summed E-state index contributed by atoms with van der Waals surface area (Å²) in [6, 6.07) is 12.6. The Kier molecular flexibility index (Phi) is 6.84. The van der Waals surface area contributed by atoms with Crippen LogP contribution in [0.3, 0.4) is 0 Å². The lowest BCUT2D eigenvalue weighted by molar-refractivity contribution is 0.0723. The number of nitrogens with one attached hydrogen (secondary N) is 1. The summed E-state index contributed by atoms with van der Waals surface area (Å²) >= 11 is 1.38. The molecule has 1 amide bonds. The van der Waals surface area contributed by atoms with Gasteiger partial charge in [0.2, 0.25) is 10.0 Å². The van der Waals surface area contributed by atoms with Crippen LogP contribution in [0.25, 0.3) is 0 Å². The van der Waals surface area contributed by atoms with E-state index in [2.05, 4.69) is 4.72 Å². The van der Waals surface area contributed by atoms with E-state index in [4.69, 9.17) is 4.42 Å². The fraction of sp³-hybridized carbons (Fsp3) is 0.286. The van der Waals surface area contributed by atoms with Gasteiger partial charge < -0.3 is 14.2 Å². The van der Waals surface area contributed by atoms with Crippen LogP contribution < -0.4 is 9.62 Å². The van der Waals surface area contributed by atoms with Gasteiger partial charge in [0.1, 0.15) is 5.76 Å². The van der Waals surface area contributed by atoms with Crippen molar-refractivity contribution in [1.82, 2.24) is 4.90 Å². The average molecular weight is 448 g/mol. The van der Waals surface area contributed by atoms with E-state index in [1.165, 1.54) is 11.3 Å². The molecule has 2 heterocycles. The van der Waals surface area contributed by atoms with Crippen molar-refractivity contribution < 1.29 is 17.6 Å². The lowest BCUT2D eigenvalue weighted by Crippen LogP contribution is -2.30. The number of hydrogen-bond donors (Lipinski definition) is 1. The number of carbonyl (C=O) groups excluding carboxylic acids is 1. The molecule has 0 radical (unpaired) electrons. The second-order valence-electron chi connectivity index (χ2n) is 6.96. The van der Waals surface area contributed by atoms with Gasteiger partial charge in [0, 0.05) is 32.0 Å². The third-order valence-electron chi connectivity index (χ3n) is 4.52. The van der Waals surface area contributed by atoms with E-state index in [1.54, 1.807) is 42.4 Å². The molecule has 0 aliphatic carbocycles. The highest BCUT2D eigenvalue weighted by atomic mass is 32.2. The highest BCUT2D eigenvalue weighted by Gasteiger charge is 2.21. The zero-order valence-electron chi connectivity index (χ0n) is 17.2. The molecule has 0 saturated heterocycles. The van der Waals surface area contributed by atoms with Crippen molar-refractivity contribution in [3.8, 4) is 0 Å². The van der Waals surface area contributed by atoms with Crippen LogP contribution in [0.5, 0.6) is 0 Å². The van der Waals surface area contributed by atoms with E-state index in [0.29, 0.717) is 29.4 Å². The number of benzene rings is 1. The number of furan rings is 1. The Balaban J connectivity index is 1.96. The molecule has 0 saturated carbocycles. The molecule has 0 unspecified atom stereocenters. The van der Waals surface area contributed by atoms with Crippen molar-refractivity contribution in [1.29, 1.82) is 0 Å². The molecule has 0 atom stereocenters. The molecule has 2 aromatic heterocycles. The number of carbonyl (C=O) groups is 1. The molecule has 9 heteroatoms. The number of thiophene rings is 1. The molecule has 0 aliphatic rings. The van der Waals surface area contributed by atoms with Gasteiger partial charge >= 0.3 is 0 Å². The Hall–Kier alpha value is -2.78. The fourth-order valence-electron chi connectivity index (χ4n) is 3.02. The maximum atomic E-state index is 13.1. The van der Waals surface area contributed by atoms with Gasteiger partial charge in [0.15, 0.2) is 0 Å². The summed E-state index contributed by atoms with van der Waals surface area (Å²) in [5, 5.41) is 1.86. The van der Waals surface area contributed by atoms with Gasteiger partial charge in [-0.3, -0.25) is 9.52 Å². The summed E-state index contributed by atoms with van der Waals surface area (Å²) in [5.74, 6) is 0.555. The minimum Gasteiger partial charge on any atom is -0.467 e. The van der Waals surface area contributed by atoms with Crippen LogP contribution >= 0.6 is 11.3 Å². The second-order valence-corrected chi connectivity index (χ2v) is 9.92. The van der Waals surface area contributed by atoms with Gasteiger partial charge in [-0.25, -0.2) is 8.42 Å². The van der Waals surface area contributed by atoms with Crippen molar-refractivity contribution >= 4 is 38.6 Å². The van der Waals surface area contributed by atoms with E-state index in [1.807, 2.05) is 42.6 Å². The van der Waals surface area contributed by atoms with Gasteiger partial charge in [-0.05, 0) is 54.3 Å². The van der Waals surface area contributed by atoms with Crippen LogP contribution in [0.15, 0.2) is 58.5 Å². The van der Waals surface area contributed by atoms with E-state index >= 15 is 0 Å². The predicted octanol–water partition coefficient (Wildman–Crippen LogP) is 4.01. The third kappa shape index (κ3) is 5.43. The predicted molar refractivity (Wildman–Crippen MR) is 120 cm³/mol. The Bertz CT molecular complexity index is 1080. The molecule has 0 aliphatic heterocycles. The topological polar surface area (TPSA) is 82.9 Å². The van der Waals surface area contributed by atoms with E-state index in [0.717, 1.165) is 11.3 Å². The SMILES string of the molecule is CCS(=O)(=O)Nc1ccc(N(C)C)c(CN(Cc2ccco2)C(=O)c2cccs2)c1. The summed E-state index contributed by atoms with van der Waals surface area (Å²) < 4.78 is 32.0. The van der Waals surface area contributed by atoms with Gasteiger partial charge in [0.05, 0.1) is 23.4 Å². The van der Waals surface area contributed by atoms with E-state index < -0.39 is 10.0 Å². The summed E-state index contributed by atoms with van der Waals surface area (Å²) in [7, 11) is 0.418.